The van der Waals surface area contributed by atoms with E-state index >= 15 is 0 Å². The first kappa shape index (κ1) is 20.1. The summed E-state index contributed by atoms with van der Waals surface area (Å²) in [5.41, 5.74) is 1.97. The van der Waals surface area contributed by atoms with E-state index in [0.717, 1.165) is 28.6 Å². The molecule has 13 heteroatoms. The minimum absolute atomic E-state index is 0.0222. The van der Waals surface area contributed by atoms with Crippen molar-refractivity contribution in [3.8, 4) is 11.3 Å². The Balaban J connectivity index is 1.65. The van der Waals surface area contributed by atoms with E-state index in [-0.39, 0.29) is 21.0 Å². The molecule has 0 bridgehead atoms. The minimum Gasteiger partial charge on any atom is -0.290 e. The fraction of sp³-hybridized carbons (Fsp3) is 0.0556. The van der Waals surface area contributed by atoms with Crippen molar-refractivity contribution in [1.82, 2.24) is 14.4 Å². The molecule has 3 aromatic rings. The molecule has 0 aliphatic carbocycles. The number of imidazole rings is 1. The second-order valence-electron chi connectivity index (χ2n) is 6.57. The summed E-state index contributed by atoms with van der Waals surface area (Å²) in [6.07, 6.45) is 4.36. The summed E-state index contributed by atoms with van der Waals surface area (Å²) in [5, 5.41) is 16.0. The number of halogens is 1. The Bertz CT molecular complexity index is 1480. The molecule has 31 heavy (non-hydrogen) atoms. The smallest absolute Gasteiger partial charge is 0.283 e. The molecule has 9 nitrogen and oxygen atoms in total. The molecule has 4 heterocycles. The maximum absolute atomic E-state index is 12.7. The van der Waals surface area contributed by atoms with Crippen LogP contribution in [0.5, 0.6) is 0 Å². The average molecular weight is 491 g/mol. The van der Waals surface area contributed by atoms with Gasteiger partial charge in [0.15, 0.2) is 10.8 Å². The van der Waals surface area contributed by atoms with E-state index < -0.39 is 15.7 Å². The highest BCUT2D eigenvalue weighted by Gasteiger charge is 2.38. The molecule has 2 aliphatic heterocycles. The van der Waals surface area contributed by atoms with Crippen LogP contribution in [0.25, 0.3) is 22.3 Å². The fourth-order valence-corrected chi connectivity index (χ4v) is 5.55. The zero-order valence-electron chi connectivity index (χ0n) is 15.6. The quantitative estimate of drug-likeness (QED) is 0.550. The summed E-state index contributed by atoms with van der Waals surface area (Å²) < 4.78 is 25.2. The number of benzene rings is 1. The third-order valence-electron chi connectivity index (χ3n) is 4.45. The molecular weight excluding hydrogens is 480 g/mol. The Morgan fingerprint density at radius 1 is 1.23 bits per heavy atom. The molecule has 0 atom stereocenters. The first-order valence-electron chi connectivity index (χ1n) is 8.64. The highest BCUT2D eigenvalue weighted by molar-refractivity contribution is 8.42. The number of thiazole rings is 1. The lowest BCUT2D eigenvalue weighted by atomic mass is 10.1. The lowest BCUT2D eigenvalue weighted by Crippen LogP contribution is -2.35. The van der Waals surface area contributed by atoms with Gasteiger partial charge in [-0.2, -0.15) is 10.0 Å². The molecule has 1 N–H and O–H groups in total. The van der Waals surface area contributed by atoms with Gasteiger partial charge in [0.05, 0.1) is 17.0 Å². The lowest BCUT2D eigenvalue weighted by Gasteiger charge is -2.20. The van der Waals surface area contributed by atoms with Crippen LogP contribution in [0, 0.1) is 5.41 Å². The second kappa shape index (κ2) is 7.12. The number of nitrogens with zero attached hydrogens (tertiary/aromatic N) is 5. The maximum Gasteiger partial charge on any atom is 0.283 e. The van der Waals surface area contributed by atoms with Gasteiger partial charge < -0.3 is 0 Å². The Labute approximate surface area is 189 Å². The largest absolute Gasteiger partial charge is 0.290 e. The molecule has 2 aromatic heterocycles. The van der Waals surface area contributed by atoms with Crippen molar-refractivity contribution in [2.45, 2.75) is 0 Å². The third-order valence-corrected chi connectivity index (χ3v) is 8.04. The minimum atomic E-state index is -3.60. The number of hydrazone groups is 1. The van der Waals surface area contributed by atoms with Crippen molar-refractivity contribution in [2.75, 3.05) is 6.26 Å². The highest BCUT2D eigenvalue weighted by atomic mass is 35.5. The van der Waals surface area contributed by atoms with Gasteiger partial charge in [0.25, 0.3) is 5.91 Å². The molecular formula is C18H11ClN6O3S3. The first-order valence-corrected chi connectivity index (χ1v) is 12.6. The summed E-state index contributed by atoms with van der Waals surface area (Å²) in [6.45, 7) is 0. The molecule has 0 radical (unpaired) electrons. The molecule has 0 saturated carbocycles. The summed E-state index contributed by atoms with van der Waals surface area (Å²) in [5.74, 6) is -0.908. The molecule has 0 fully saturated rings. The summed E-state index contributed by atoms with van der Waals surface area (Å²) in [4.78, 5) is 22.0. The molecule has 1 amide bonds. The van der Waals surface area contributed by atoms with Crippen molar-refractivity contribution in [3.63, 3.8) is 0 Å². The lowest BCUT2D eigenvalue weighted by molar-refractivity contribution is -0.114. The topological polar surface area (TPSA) is 120 Å². The van der Waals surface area contributed by atoms with Gasteiger partial charge in [-0.3, -0.25) is 14.6 Å². The number of rotatable bonds is 2. The normalized spacial score (nSPS) is 18.0. The number of amidine groups is 2. The van der Waals surface area contributed by atoms with E-state index in [9.17, 15) is 13.2 Å². The number of hydrogen-bond donors (Lipinski definition) is 1. The molecule has 5 rings (SSSR count). The van der Waals surface area contributed by atoms with E-state index in [4.69, 9.17) is 17.0 Å². The van der Waals surface area contributed by atoms with Crippen LogP contribution in [0.4, 0.5) is 0 Å². The molecule has 0 spiro atoms. The van der Waals surface area contributed by atoms with Gasteiger partial charge in [-0.1, -0.05) is 23.7 Å². The van der Waals surface area contributed by atoms with Gasteiger partial charge in [0.1, 0.15) is 0 Å². The molecule has 1 aromatic carbocycles. The van der Waals surface area contributed by atoms with Crippen LogP contribution in [-0.4, -0.2) is 50.4 Å². The predicted octanol–water partition coefficient (Wildman–Crippen LogP) is 3.34. The van der Waals surface area contributed by atoms with E-state index in [1.165, 1.54) is 17.4 Å². The van der Waals surface area contributed by atoms with Gasteiger partial charge in [0, 0.05) is 28.4 Å². The summed E-state index contributed by atoms with van der Waals surface area (Å²) in [7, 11) is -3.60. The number of aliphatic imine (C=N–C) groups is 1. The van der Waals surface area contributed by atoms with Crippen molar-refractivity contribution < 1.29 is 13.2 Å². The van der Waals surface area contributed by atoms with Gasteiger partial charge in [-0.05, 0) is 30.0 Å². The second-order valence-corrected chi connectivity index (χ2v) is 11.0. The number of carbonyl (C=O) groups excluding carboxylic acids is 1. The van der Waals surface area contributed by atoms with Crippen LogP contribution < -0.4 is 0 Å². The standard InChI is InChI=1S/C18H11ClN6O3S3/c1-31(27,28)18-23-25-14(20)11(15(26)22-17(25)30-18)8-12-13(9-2-4-10(19)5-3-9)21-16-24(12)6-7-29-16/h2-8,20H,1H3. The van der Waals surface area contributed by atoms with Crippen molar-refractivity contribution in [3.05, 3.63) is 52.1 Å². The Kier molecular flexibility index (Phi) is 4.62. The number of hydrogen-bond acceptors (Lipinski definition) is 8. The van der Waals surface area contributed by atoms with Crippen LogP contribution in [0.15, 0.2) is 51.5 Å². The Morgan fingerprint density at radius 2 is 1.97 bits per heavy atom. The number of carbonyl (C=O) groups is 1. The van der Waals surface area contributed by atoms with Crippen LogP contribution in [0.2, 0.25) is 5.02 Å². The number of thioether (sulfide) groups is 1. The van der Waals surface area contributed by atoms with Gasteiger partial charge in [-0.25, -0.2) is 13.4 Å². The zero-order chi connectivity index (χ0) is 21.9. The fourth-order valence-electron chi connectivity index (χ4n) is 3.02. The van der Waals surface area contributed by atoms with Crippen molar-refractivity contribution in [1.29, 1.82) is 5.41 Å². The zero-order valence-corrected chi connectivity index (χ0v) is 18.8. The number of fused-ring (bicyclic) bond motifs is 2. The number of nitrogens with one attached hydrogen (secondary N) is 1. The molecule has 0 unspecified atom stereocenters. The number of sulfone groups is 1. The predicted molar refractivity (Wildman–Crippen MR) is 123 cm³/mol. The Hall–Kier alpha value is -2.80. The van der Waals surface area contributed by atoms with Crippen LogP contribution in [-0.2, 0) is 14.6 Å². The molecule has 0 saturated heterocycles. The van der Waals surface area contributed by atoms with Gasteiger partial charge in [-0.15, -0.1) is 16.4 Å². The number of aromatic nitrogens is 2. The first-order chi connectivity index (χ1) is 14.7. The molecule has 2 aliphatic rings. The highest BCUT2D eigenvalue weighted by Crippen LogP contribution is 2.33. The van der Waals surface area contributed by atoms with Crippen LogP contribution in [0.3, 0.4) is 0 Å². The van der Waals surface area contributed by atoms with Crippen LogP contribution in [0.1, 0.15) is 5.69 Å². The number of amides is 1. The monoisotopic (exact) mass is 490 g/mol. The van der Waals surface area contributed by atoms with Gasteiger partial charge in [0.2, 0.25) is 19.4 Å². The average Bonchev–Trinajstić information content (AvgIpc) is 3.40. The van der Waals surface area contributed by atoms with Crippen LogP contribution >= 0.6 is 34.7 Å². The summed E-state index contributed by atoms with van der Waals surface area (Å²) >= 11 is 8.18. The van der Waals surface area contributed by atoms with Crippen molar-refractivity contribution >= 4 is 76.9 Å². The van der Waals surface area contributed by atoms with E-state index in [1.54, 1.807) is 12.1 Å². The third kappa shape index (κ3) is 3.41. The van der Waals surface area contributed by atoms with E-state index in [1.807, 2.05) is 28.1 Å². The maximum atomic E-state index is 12.7. The molecule has 156 valence electrons. The SMILES string of the molecule is CS(=O)(=O)C1=NN2C(=N)C(=Cc3c(-c4ccc(Cl)cc4)nc4sccn34)C(=O)N=C2S1. The van der Waals surface area contributed by atoms with Crippen molar-refractivity contribution in [2.24, 2.45) is 10.1 Å². The van der Waals surface area contributed by atoms with E-state index in [2.05, 4.69) is 15.1 Å². The summed E-state index contributed by atoms with van der Waals surface area (Å²) in [6, 6.07) is 7.13. The van der Waals surface area contributed by atoms with E-state index in [0.29, 0.717) is 21.4 Å². The Morgan fingerprint density at radius 3 is 2.68 bits per heavy atom. The van der Waals surface area contributed by atoms with Gasteiger partial charge >= 0.3 is 0 Å².